The molecule has 2 fully saturated rings. The van der Waals surface area contributed by atoms with Crippen LogP contribution in [0.4, 0.5) is 0 Å². The maximum atomic E-state index is 10.8. The van der Waals surface area contributed by atoms with Crippen LogP contribution in [0.15, 0.2) is 25.3 Å². The molecule has 2 amide bonds. The lowest BCUT2D eigenvalue weighted by atomic mass is 10.3. The highest BCUT2D eigenvalue weighted by Crippen LogP contribution is 2.11. The van der Waals surface area contributed by atoms with E-state index in [0.717, 1.165) is 25.8 Å². The molecular formula is C13H18N2O5. The summed E-state index contributed by atoms with van der Waals surface area (Å²) in [5.74, 6) is -1.79. The number of hydroxylamine groups is 2. The van der Waals surface area contributed by atoms with Gasteiger partial charge in [-0.25, -0.2) is 4.79 Å². The smallest absolute Gasteiger partial charge is 0.356 e. The SMILES string of the molecule is C=CC(=O)ON1C(=O)CCC1=O.C=CC1CNCCO1. The number of nitrogens with one attached hydrogen (secondary N) is 1. The van der Waals surface area contributed by atoms with Crippen molar-refractivity contribution in [2.75, 3.05) is 19.7 Å². The van der Waals surface area contributed by atoms with Crippen molar-refractivity contribution in [2.45, 2.75) is 18.9 Å². The van der Waals surface area contributed by atoms with Crippen LogP contribution in [0, 0.1) is 0 Å². The van der Waals surface area contributed by atoms with Gasteiger partial charge >= 0.3 is 5.97 Å². The Labute approximate surface area is 117 Å². The Morgan fingerprint density at radius 3 is 2.40 bits per heavy atom. The van der Waals surface area contributed by atoms with E-state index in [1.54, 1.807) is 0 Å². The minimum absolute atomic E-state index is 0.100. The molecule has 0 aromatic carbocycles. The number of ether oxygens (including phenoxy) is 1. The minimum Gasteiger partial charge on any atom is -0.372 e. The molecular weight excluding hydrogens is 264 g/mol. The molecule has 2 aliphatic rings. The number of hydrogen-bond donors (Lipinski definition) is 1. The summed E-state index contributed by atoms with van der Waals surface area (Å²) in [4.78, 5) is 36.6. The molecule has 0 saturated carbocycles. The third kappa shape index (κ3) is 4.94. The van der Waals surface area contributed by atoms with Crippen LogP contribution in [0.1, 0.15) is 12.8 Å². The molecule has 0 bridgehead atoms. The molecule has 0 aromatic heterocycles. The molecule has 0 aromatic rings. The minimum atomic E-state index is -0.807. The van der Waals surface area contributed by atoms with Crippen molar-refractivity contribution in [3.05, 3.63) is 25.3 Å². The fourth-order valence-electron chi connectivity index (χ4n) is 1.52. The molecule has 1 N–H and O–H groups in total. The Morgan fingerprint density at radius 1 is 1.35 bits per heavy atom. The maximum absolute atomic E-state index is 10.8. The van der Waals surface area contributed by atoms with Crippen molar-refractivity contribution in [2.24, 2.45) is 0 Å². The molecule has 2 aliphatic heterocycles. The predicted octanol–water partition coefficient (Wildman–Crippen LogP) is -0.0596. The summed E-state index contributed by atoms with van der Waals surface area (Å²) in [6, 6.07) is 0. The fourth-order valence-corrected chi connectivity index (χ4v) is 1.52. The van der Waals surface area contributed by atoms with Gasteiger partial charge < -0.3 is 14.9 Å². The third-order valence-corrected chi connectivity index (χ3v) is 2.57. The van der Waals surface area contributed by atoms with Crippen molar-refractivity contribution in [3.8, 4) is 0 Å². The van der Waals surface area contributed by atoms with E-state index >= 15 is 0 Å². The van der Waals surface area contributed by atoms with E-state index in [9.17, 15) is 14.4 Å². The predicted molar refractivity (Wildman–Crippen MR) is 70.2 cm³/mol. The van der Waals surface area contributed by atoms with Crippen LogP contribution in [0.25, 0.3) is 0 Å². The second-order valence-corrected chi connectivity index (χ2v) is 4.05. The van der Waals surface area contributed by atoms with Gasteiger partial charge in [0.25, 0.3) is 11.8 Å². The second-order valence-electron chi connectivity index (χ2n) is 4.05. The summed E-state index contributed by atoms with van der Waals surface area (Å²) in [7, 11) is 0. The lowest BCUT2D eigenvalue weighted by molar-refractivity contribution is -0.193. The van der Waals surface area contributed by atoms with Gasteiger partial charge in [-0.2, -0.15) is 0 Å². The summed E-state index contributed by atoms with van der Waals surface area (Å²) in [5.41, 5.74) is 0. The van der Waals surface area contributed by atoms with E-state index in [2.05, 4.69) is 23.3 Å². The van der Waals surface area contributed by atoms with Gasteiger partial charge in [-0.3, -0.25) is 9.59 Å². The number of hydrogen-bond acceptors (Lipinski definition) is 6. The first-order chi connectivity index (χ1) is 9.58. The number of carbonyl (C=O) groups excluding carboxylic acids is 3. The van der Waals surface area contributed by atoms with Crippen LogP contribution in [-0.4, -0.2) is 48.6 Å². The Kier molecular flexibility index (Phi) is 6.61. The number of rotatable bonds is 3. The summed E-state index contributed by atoms with van der Waals surface area (Å²) >= 11 is 0. The fraction of sp³-hybridized carbons (Fsp3) is 0.462. The van der Waals surface area contributed by atoms with Crippen molar-refractivity contribution in [1.29, 1.82) is 0 Å². The van der Waals surface area contributed by atoms with Crippen LogP contribution >= 0.6 is 0 Å². The van der Waals surface area contributed by atoms with Crippen LogP contribution in [0.5, 0.6) is 0 Å². The first kappa shape index (κ1) is 16.1. The van der Waals surface area contributed by atoms with Gasteiger partial charge in [0, 0.05) is 32.0 Å². The monoisotopic (exact) mass is 282 g/mol. The number of imide groups is 1. The molecule has 2 saturated heterocycles. The van der Waals surface area contributed by atoms with E-state index < -0.39 is 17.8 Å². The van der Waals surface area contributed by atoms with E-state index in [1.165, 1.54) is 0 Å². The second kappa shape index (κ2) is 8.23. The van der Waals surface area contributed by atoms with Gasteiger partial charge in [0.1, 0.15) is 0 Å². The van der Waals surface area contributed by atoms with Crippen molar-refractivity contribution in [1.82, 2.24) is 10.4 Å². The molecule has 2 heterocycles. The summed E-state index contributed by atoms with van der Waals surface area (Å²) in [6.45, 7) is 9.46. The quantitative estimate of drug-likeness (QED) is 0.443. The largest absolute Gasteiger partial charge is 0.372 e. The number of nitrogens with zero attached hydrogens (tertiary/aromatic N) is 1. The average Bonchev–Trinajstić information content (AvgIpc) is 2.80. The highest BCUT2D eigenvalue weighted by atomic mass is 16.7. The standard InChI is InChI=1S/C7H7NO4.C6H11NO/c1-2-7(11)12-8-5(9)3-4-6(8)10;1-2-6-5-7-3-4-8-6/h2H,1,3-4H2;2,6-7H,1,3-5H2. The van der Waals surface area contributed by atoms with E-state index in [1.807, 2.05) is 6.08 Å². The Hall–Kier alpha value is -1.99. The van der Waals surface area contributed by atoms with Crippen molar-refractivity contribution >= 4 is 17.8 Å². The summed E-state index contributed by atoms with van der Waals surface area (Å²) < 4.78 is 5.25. The van der Waals surface area contributed by atoms with Gasteiger partial charge in [-0.1, -0.05) is 12.7 Å². The molecule has 7 heteroatoms. The van der Waals surface area contributed by atoms with E-state index in [-0.39, 0.29) is 18.9 Å². The number of morpholine rings is 1. The molecule has 110 valence electrons. The third-order valence-electron chi connectivity index (χ3n) is 2.57. The van der Waals surface area contributed by atoms with Crippen LogP contribution in [-0.2, 0) is 24.0 Å². The highest BCUT2D eigenvalue weighted by Gasteiger charge is 2.32. The van der Waals surface area contributed by atoms with Gasteiger partial charge in [0.05, 0.1) is 12.7 Å². The zero-order valence-electron chi connectivity index (χ0n) is 11.2. The lowest BCUT2D eigenvalue weighted by Crippen LogP contribution is -2.37. The highest BCUT2D eigenvalue weighted by molar-refractivity contribution is 6.02. The van der Waals surface area contributed by atoms with Gasteiger partial charge in [-0.05, 0) is 0 Å². The normalized spacial score (nSPS) is 21.8. The first-order valence-corrected chi connectivity index (χ1v) is 6.23. The zero-order valence-corrected chi connectivity index (χ0v) is 11.2. The van der Waals surface area contributed by atoms with Crippen LogP contribution in [0.3, 0.4) is 0 Å². The molecule has 0 spiro atoms. The van der Waals surface area contributed by atoms with Crippen molar-refractivity contribution < 1.29 is 24.0 Å². The molecule has 2 rings (SSSR count). The lowest BCUT2D eigenvalue weighted by Gasteiger charge is -2.19. The molecule has 1 atom stereocenters. The Bertz CT molecular complexity index is 386. The van der Waals surface area contributed by atoms with Gasteiger partial charge in [0.15, 0.2) is 0 Å². The number of carbonyl (C=O) groups is 3. The van der Waals surface area contributed by atoms with E-state index in [0.29, 0.717) is 5.06 Å². The van der Waals surface area contributed by atoms with Crippen molar-refractivity contribution in [3.63, 3.8) is 0 Å². The maximum Gasteiger partial charge on any atom is 0.356 e. The topological polar surface area (TPSA) is 84.9 Å². The molecule has 0 aliphatic carbocycles. The zero-order chi connectivity index (χ0) is 15.0. The Morgan fingerprint density at radius 2 is 2.00 bits per heavy atom. The number of amides is 2. The molecule has 1 unspecified atom stereocenters. The average molecular weight is 282 g/mol. The van der Waals surface area contributed by atoms with Crippen LogP contribution in [0.2, 0.25) is 0 Å². The molecule has 20 heavy (non-hydrogen) atoms. The first-order valence-electron chi connectivity index (χ1n) is 6.23. The van der Waals surface area contributed by atoms with Crippen LogP contribution < -0.4 is 5.32 Å². The van der Waals surface area contributed by atoms with Gasteiger partial charge in [0.2, 0.25) is 0 Å². The van der Waals surface area contributed by atoms with E-state index in [4.69, 9.17) is 4.74 Å². The summed E-state index contributed by atoms with van der Waals surface area (Å²) in [5, 5.41) is 3.67. The molecule has 0 radical (unpaired) electrons. The molecule has 7 nitrogen and oxygen atoms in total. The summed E-state index contributed by atoms with van der Waals surface area (Å²) in [6.07, 6.45) is 3.15. The van der Waals surface area contributed by atoms with Gasteiger partial charge in [-0.15, -0.1) is 11.6 Å². The Balaban J connectivity index is 0.000000217.